The van der Waals surface area contributed by atoms with Crippen molar-refractivity contribution in [2.75, 3.05) is 5.43 Å². The fourth-order valence-corrected chi connectivity index (χ4v) is 2.97. The van der Waals surface area contributed by atoms with Gasteiger partial charge in [-0.05, 0) is 57.6 Å². The predicted molar refractivity (Wildman–Crippen MR) is 79.7 cm³/mol. The molecule has 1 aromatic carbocycles. The van der Waals surface area contributed by atoms with E-state index in [4.69, 9.17) is 5.84 Å². The van der Waals surface area contributed by atoms with Gasteiger partial charge in [0, 0.05) is 19.0 Å². The average molecular weight is 446 g/mol. The van der Waals surface area contributed by atoms with E-state index >= 15 is 0 Å². The Morgan fingerprint density at radius 3 is 2.53 bits per heavy atom. The van der Waals surface area contributed by atoms with Crippen molar-refractivity contribution in [2.24, 2.45) is 5.84 Å². The lowest BCUT2D eigenvalue weighted by atomic mass is 10.1. The molecule has 0 fully saturated rings. The summed E-state index contributed by atoms with van der Waals surface area (Å²) >= 11 is 5.25. The van der Waals surface area contributed by atoms with Crippen LogP contribution >= 0.6 is 38.5 Å². The number of hydrazine groups is 1. The van der Waals surface area contributed by atoms with Crippen LogP contribution in [0.5, 0.6) is 0 Å². The van der Waals surface area contributed by atoms with E-state index in [1.54, 1.807) is 12.1 Å². The van der Waals surface area contributed by atoms with Gasteiger partial charge < -0.3 is 5.43 Å². The first-order valence-electron chi connectivity index (χ1n) is 5.09. The van der Waals surface area contributed by atoms with E-state index in [1.807, 2.05) is 22.6 Å². The molecule has 2 rings (SSSR count). The summed E-state index contributed by atoms with van der Waals surface area (Å²) < 4.78 is 40.2. The lowest BCUT2D eigenvalue weighted by Gasteiger charge is -2.17. The molecule has 3 N–H and O–H groups in total. The van der Waals surface area contributed by atoms with E-state index < -0.39 is 11.9 Å². The SMILES string of the molecule is Cc1c(C(F)(F)F)nc2c(Br)ccc(I)c2c1NN. The number of nitrogen functional groups attached to an aromatic ring is 1. The Morgan fingerprint density at radius 1 is 1.37 bits per heavy atom. The highest BCUT2D eigenvalue weighted by atomic mass is 127. The van der Waals surface area contributed by atoms with Crippen LogP contribution in [0, 0.1) is 10.5 Å². The zero-order valence-corrected chi connectivity index (χ0v) is 13.3. The Morgan fingerprint density at radius 2 is 2.00 bits per heavy atom. The molecule has 3 nitrogen and oxygen atoms in total. The summed E-state index contributed by atoms with van der Waals surface area (Å²) in [4.78, 5) is 3.74. The highest BCUT2D eigenvalue weighted by molar-refractivity contribution is 14.1. The van der Waals surface area contributed by atoms with E-state index in [1.165, 1.54) is 6.92 Å². The van der Waals surface area contributed by atoms with Gasteiger partial charge in [-0.3, -0.25) is 5.84 Å². The summed E-state index contributed by atoms with van der Waals surface area (Å²) in [7, 11) is 0. The summed E-state index contributed by atoms with van der Waals surface area (Å²) in [5, 5.41) is 0.572. The molecule has 0 radical (unpaired) electrons. The van der Waals surface area contributed by atoms with Gasteiger partial charge in [-0.2, -0.15) is 13.2 Å². The average Bonchev–Trinajstić information content (AvgIpc) is 2.32. The molecular weight excluding hydrogens is 438 g/mol. The van der Waals surface area contributed by atoms with E-state index in [-0.39, 0.29) is 16.8 Å². The highest BCUT2D eigenvalue weighted by Crippen LogP contribution is 2.40. The van der Waals surface area contributed by atoms with Crippen LogP contribution in [-0.2, 0) is 6.18 Å². The van der Waals surface area contributed by atoms with Gasteiger partial charge in [0.1, 0.15) is 5.69 Å². The predicted octanol–water partition coefficient (Wildman–Crippen LogP) is 4.21. The second-order valence-electron chi connectivity index (χ2n) is 3.86. The first kappa shape index (κ1) is 14.8. The largest absolute Gasteiger partial charge is 0.433 e. The molecule has 0 aliphatic rings. The van der Waals surface area contributed by atoms with Crippen molar-refractivity contribution in [1.82, 2.24) is 4.98 Å². The minimum Gasteiger partial charge on any atom is -0.323 e. The summed E-state index contributed by atoms with van der Waals surface area (Å²) in [6.45, 7) is 1.35. The Kier molecular flexibility index (Phi) is 3.94. The number of alkyl halides is 3. The van der Waals surface area contributed by atoms with Crippen LogP contribution in [0.15, 0.2) is 16.6 Å². The zero-order valence-electron chi connectivity index (χ0n) is 9.57. The van der Waals surface area contributed by atoms with Gasteiger partial charge in [0.15, 0.2) is 0 Å². The maximum Gasteiger partial charge on any atom is 0.433 e. The van der Waals surface area contributed by atoms with Crippen molar-refractivity contribution in [3.8, 4) is 0 Å². The van der Waals surface area contributed by atoms with Crippen molar-refractivity contribution < 1.29 is 13.2 Å². The summed E-state index contributed by atoms with van der Waals surface area (Å²) in [5.74, 6) is 5.38. The fraction of sp³-hybridized carbons (Fsp3) is 0.182. The molecule has 0 atom stereocenters. The zero-order chi connectivity index (χ0) is 14.4. The number of nitrogens with zero attached hydrogens (tertiary/aromatic N) is 1. The molecule has 0 saturated heterocycles. The molecule has 0 amide bonds. The Labute approximate surface area is 129 Å². The van der Waals surface area contributed by atoms with Crippen LogP contribution in [0.3, 0.4) is 0 Å². The van der Waals surface area contributed by atoms with E-state index in [2.05, 4.69) is 26.3 Å². The maximum atomic E-state index is 13.0. The Hall–Kier alpha value is -0.610. The second-order valence-corrected chi connectivity index (χ2v) is 5.87. The number of rotatable bonds is 1. The molecule has 1 heterocycles. The van der Waals surface area contributed by atoms with Crippen molar-refractivity contribution >= 4 is 55.1 Å². The fourth-order valence-electron chi connectivity index (χ4n) is 1.85. The third-order valence-corrected chi connectivity index (χ3v) is 4.23. The van der Waals surface area contributed by atoms with Crippen LogP contribution in [0.25, 0.3) is 10.9 Å². The van der Waals surface area contributed by atoms with Gasteiger partial charge in [-0.1, -0.05) is 0 Å². The van der Waals surface area contributed by atoms with Crippen LogP contribution in [-0.4, -0.2) is 4.98 Å². The van der Waals surface area contributed by atoms with E-state index in [0.717, 1.165) is 3.57 Å². The number of nitrogens with one attached hydrogen (secondary N) is 1. The van der Waals surface area contributed by atoms with Crippen molar-refractivity contribution in [1.29, 1.82) is 0 Å². The topological polar surface area (TPSA) is 50.9 Å². The number of fused-ring (bicyclic) bond motifs is 1. The molecule has 0 spiro atoms. The number of aromatic nitrogens is 1. The highest BCUT2D eigenvalue weighted by Gasteiger charge is 2.36. The van der Waals surface area contributed by atoms with Crippen LogP contribution < -0.4 is 11.3 Å². The van der Waals surface area contributed by atoms with Crippen LogP contribution in [0.4, 0.5) is 18.9 Å². The number of pyridine rings is 1. The molecule has 19 heavy (non-hydrogen) atoms. The van der Waals surface area contributed by atoms with Gasteiger partial charge >= 0.3 is 6.18 Å². The van der Waals surface area contributed by atoms with Gasteiger partial charge in [-0.15, -0.1) is 0 Å². The van der Waals surface area contributed by atoms with E-state index in [9.17, 15) is 13.2 Å². The van der Waals surface area contributed by atoms with Crippen LogP contribution in [0.2, 0.25) is 0 Å². The minimum atomic E-state index is -4.52. The smallest absolute Gasteiger partial charge is 0.323 e. The van der Waals surface area contributed by atoms with E-state index in [0.29, 0.717) is 9.86 Å². The molecule has 8 heteroatoms. The van der Waals surface area contributed by atoms with Gasteiger partial charge in [0.05, 0.1) is 11.2 Å². The molecule has 0 saturated carbocycles. The number of hydrogen-bond donors (Lipinski definition) is 2. The number of nitrogens with two attached hydrogens (primary N) is 1. The standard InChI is InChI=1S/C11H8BrF3IN3/c1-4-8(19-17)7-6(16)3-2-5(12)9(7)18-10(4)11(13,14)15/h2-3H,17H2,1H3,(H,18,19). The first-order chi connectivity index (χ1) is 8.77. The van der Waals surface area contributed by atoms with Crippen molar-refractivity contribution in [3.05, 3.63) is 31.4 Å². The van der Waals surface area contributed by atoms with Gasteiger partial charge in [-0.25, -0.2) is 4.98 Å². The molecule has 0 unspecified atom stereocenters. The minimum absolute atomic E-state index is 0.0153. The third-order valence-electron chi connectivity index (χ3n) is 2.69. The van der Waals surface area contributed by atoms with Crippen molar-refractivity contribution in [3.63, 3.8) is 0 Å². The Bertz CT molecular complexity index is 658. The second kappa shape index (κ2) is 5.06. The monoisotopic (exact) mass is 445 g/mol. The maximum absolute atomic E-state index is 13.0. The first-order valence-corrected chi connectivity index (χ1v) is 6.96. The van der Waals surface area contributed by atoms with Gasteiger partial charge in [0.25, 0.3) is 0 Å². The molecule has 0 aliphatic heterocycles. The molecule has 0 aliphatic carbocycles. The molecule has 2 aromatic rings. The quantitative estimate of drug-likeness (QED) is 0.392. The summed E-state index contributed by atoms with van der Waals surface area (Å²) in [6.07, 6.45) is -4.52. The number of benzene rings is 1. The number of hydrogen-bond acceptors (Lipinski definition) is 3. The Balaban J connectivity index is 2.99. The molecule has 102 valence electrons. The van der Waals surface area contributed by atoms with Crippen LogP contribution in [0.1, 0.15) is 11.3 Å². The number of halogens is 5. The summed E-state index contributed by atoms with van der Waals surface area (Å²) in [6, 6.07) is 3.44. The lowest BCUT2D eigenvalue weighted by Crippen LogP contribution is -2.16. The summed E-state index contributed by atoms with van der Waals surface area (Å²) in [5.41, 5.74) is 1.88. The molecule has 0 bridgehead atoms. The number of anilines is 1. The molecule has 1 aromatic heterocycles. The van der Waals surface area contributed by atoms with Crippen molar-refractivity contribution in [2.45, 2.75) is 13.1 Å². The normalized spacial score (nSPS) is 11.9. The lowest BCUT2D eigenvalue weighted by molar-refractivity contribution is -0.141. The van der Waals surface area contributed by atoms with Gasteiger partial charge in [0.2, 0.25) is 0 Å². The third kappa shape index (κ3) is 2.52. The molecular formula is C11H8BrF3IN3.